The maximum atomic E-state index is 12.0. The van der Waals surface area contributed by atoms with Gasteiger partial charge in [0.05, 0.1) is 10.6 Å². The van der Waals surface area contributed by atoms with Crippen LogP contribution in [0.1, 0.15) is 29.9 Å². The number of amides is 1. The van der Waals surface area contributed by atoms with Crippen molar-refractivity contribution in [3.63, 3.8) is 0 Å². The number of hydrogen-bond acceptors (Lipinski definition) is 3. The van der Waals surface area contributed by atoms with Crippen molar-refractivity contribution in [2.45, 2.75) is 26.3 Å². The van der Waals surface area contributed by atoms with Crippen molar-refractivity contribution < 1.29 is 4.79 Å². The second-order valence-electron chi connectivity index (χ2n) is 5.20. The summed E-state index contributed by atoms with van der Waals surface area (Å²) < 4.78 is 0. The van der Waals surface area contributed by atoms with E-state index in [0.717, 1.165) is 5.69 Å². The Bertz CT molecular complexity index is 444. The first-order chi connectivity index (χ1) is 8.24. The topological polar surface area (TPSA) is 45.2 Å². The molecular weight excluding hydrogens is 250 g/mol. The summed E-state index contributed by atoms with van der Waals surface area (Å²) in [4.78, 5) is 18.1. The van der Waals surface area contributed by atoms with Gasteiger partial charge in [-0.15, -0.1) is 0 Å². The minimum atomic E-state index is -0.192. The van der Waals surface area contributed by atoms with Gasteiger partial charge in [-0.1, -0.05) is 11.6 Å². The fourth-order valence-electron chi connectivity index (χ4n) is 1.24. The van der Waals surface area contributed by atoms with E-state index >= 15 is 0 Å². The minimum absolute atomic E-state index is 0.111. The molecule has 0 aliphatic carbocycles. The molecule has 0 saturated heterocycles. The molecule has 0 saturated carbocycles. The molecule has 1 aromatic heterocycles. The molecule has 5 heteroatoms. The number of carbonyl (C=O) groups is 1. The fraction of sp³-hybridized carbons (Fsp3) is 0.538. The molecule has 1 N–H and O–H groups in total. The first-order valence-electron chi connectivity index (χ1n) is 5.82. The lowest BCUT2D eigenvalue weighted by molar-refractivity contribution is 0.0919. The van der Waals surface area contributed by atoms with Gasteiger partial charge in [0.1, 0.15) is 0 Å². The first kappa shape index (κ1) is 14.9. The standard InChI is InChI=1S/C13H20ClN3O/c1-9-6-11(14)10(7-15-9)12(18)16-8-13(2,3)17(4)5/h6-7H,8H2,1-5H3,(H,16,18). The van der Waals surface area contributed by atoms with Crippen LogP contribution in [-0.2, 0) is 0 Å². The smallest absolute Gasteiger partial charge is 0.254 e. The summed E-state index contributed by atoms with van der Waals surface area (Å²) in [5, 5.41) is 3.31. The van der Waals surface area contributed by atoms with Crippen LogP contribution in [0.15, 0.2) is 12.3 Å². The maximum absolute atomic E-state index is 12.0. The SMILES string of the molecule is Cc1cc(Cl)c(C(=O)NCC(C)(C)N(C)C)cn1. The van der Waals surface area contributed by atoms with Crippen LogP contribution in [0.4, 0.5) is 0 Å². The lowest BCUT2D eigenvalue weighted by Crippen LogP contribution is -2.48. The summed E-state index contributed by atoms with van der Waals surface area (Å²) in [6.45, 7) is 6.50. The Kier molecular flexibility index (Phi) is 4.71. The molecule has 0 radical (unpaired) electrons. The molecular formula is C13H20ClN3O. The van der Waals surface area contributed by atoms with Gasteiger partial charge in [0.15, 0.2) is 0 Å². The van der Waals surface area contributed by atoms with E-state index in [9.17, 15) is 4.79 Å². The molecule has 0 fully saturated rings. The summed E-state index contributed by atoms with van der Waals surface area (Å²) in [6.07, 6.45) is 1.51. The van der Waals surface area contributed by atoms with Crippen LogP contribution in [-0.4, -0.2) is 42.0 Å². The van der Waals surface area contributed by atoms with Crippen molar-refractivity contribution in [2.24, 2.45) is 0 Å². The number of rotatable bonds is 4. The van der Waals surface area contributed by atoms with Crippen LogP contribution in [0.2, 0.25) is 5.02 Å². The summed E-state index contributed by atoms with van der Waals surface area (Å²) >= 11 is 6.03. The molecule has 1 aromatic rings. The van der Waals surface area contributed by atoms with Crippen LogP contribution < -0.4 is 5.32 Å². The van der Waals surface area contributed by atoms with E-state index in [1.807, 2.05) is 21.0 Å². The molecule has 0 aliphatic heterocycles. The average Bonchev–Trinajstić information content (AvgIpc) is 2.25. The van der Waals surface area contributed by atoms with Gasteiger partial charge in [-0.2, -0.15) is 0 Å². The molecule has 0 aromatic carbocycles. The third-order valence-electron chi connectivity index (χ3n) is 3.13. The Morgan fingerprint density at radius 1 is 1.50 bits per heavy atom. The number of likely N-dealkylation sites (N-methyl/N-ethyl adjacent to an activating group) is 1. The Hall–Kier alpha value is -1.13. The molecule has 0 unspecified atom stereocenters. The number of nitrogens with zero attached hydrogens (tertiary/aromatic N) is 2. The average molecular weight is 270 g/mol. The number of nitrogens with one attached hydrogen (secondary N) is 1. The van der Waals surface area contributed by atoms with Gasteiger partial charge in [-0.25, -0.2) is 0 Å². The predicted octanol–water partition coefficient (Wildman–Crippen LogP) is 2.11. The largest absolute Gasteiger partial charge is 0.350 e. The number of halogens is 1. The van der Waals surface area contributed by atoms with Crippen molar-refractivity contribution in [1.29, 1.82) is 0 Å². The van der Waals surface area contributed by atoms with E-state index < -0.39 is 0 Å². The van der Waals surface area contributed by atoms with Crippen LogP contribution in [0.5, 0.6) is 0 Å². The molecule has 1 rings (SSSR count). The van der Waals surface area contributed by atoms with Crippen molar-refractivity contribution in [3.05, 3.63) is 28.5 Å². The molecule has 4 nitrogen and oxygen atoms in total. The minimum Gasteiger partial charge on any atom is -0.350 e. The Morgan fingerprint density at radius 3 is 2.61 bits per heavy atom. The normalized spacial score (nSPS) is 11.7. The fourth-order valence-corrected chi connectivity index (χ4v) is 1.54. The highest BCUT2D eigenvalue weighted by molar-refractivity contribution is 6.33. The third kappa shape index (κ3) is 3.68. The Labute approximate surface area is 113 Å². The highest BCUT2D eigenvalue weighted by Gasteiger charge is 2.22. The number of carbonyl (C=O) groups excluding carboxylic acids is 1. The predicted molar refractivity (Wildman–Crippen MR) is 74.1 cm³/mol. The summed E-state index contributed by atoms with van der Waals surface area (Å²) in [6, 6.07) is 1.69. The van der Waals surface area contributed by atoms with Gasteiger partial charge in [-0.3, -0.25) is 9.78 Å². The maximum Gasteiger partial charge on any atom is 0.254 e. The van der Waals surface area contributed by atoms with E-state index in [4.69, 9.17) is 11.6 Å². The van der Waals surface area contributed by atoms with Gasteiger partial charge in [0.2, 0.25) is 0 Å². The number of aryl methyl sites for hydroxylation is 1. The third-order valence-corrected chi connectivity index (χ3v) is 3.44. The summed E-state index contributed by atoms with van der Waals surface area (Å²) in [5.41, 5.74) is 1.10. The molecule has 0 atom stereocenters. The van der Waals surface area contributed by atoms with Crippen LogP contribution in [0.3, 0.4) is 0 Å². The molecule has 1 heterocycles. The molecule has 0 spiro atoms. The van der Waals surface area contributed by atoms with Gasteiger partial charge >= 0.3 is 0 Å². The van der Waals surface area contributed by atoms with Crippen molar-refractivity contribution >= 4 is 17.5 Å². The zero-order valence-electron chi connectivity index (χ0n) is 11.5. The molecule has 0 bridgehead atoms. The lowest BCUT2D eigenvalue weighted by atomic mass is 10.0. The number of aromatic nitrogens is 1. The van der Waals surface area contributed by atoms with E-state index in [2.05, 4.69) is 29.0 Å². The highest BCUT2D eigenvalue weighted by Crippen LogP contribution is 2.16. The summed E-state index contributed by atoms with van der Waals surface area (Å²) in [7, 11) is 3.96. The van der Waals surface area contributed by atoms with E-state index in [0.29, 0.717) is 17.1 Å². The second-order valence-corrected chi connectivity index (χ2v) is 5.60. The second kappa shape index (κ2) is 5.67. The van der Waals surface area contributed by atoms with E-state index in [1.165, 1.54) is 6.20 Å². The van der Waals surface area contributed by atoms with Crippen LogP contribution in [0.25, 0.3) is 0 Å². The lowest BCUT2D eigenvalue weighted by Gasteiger charge is -2.32. The molecule has 1 amide bonds. The highest BCUT2D eigenvalue weighted by atomic mass is 35.5. The Balaban J connectivity index is 2.72. The van der Waals surface area contributed by atoms with Gasteiger partial charge in [0, 0.05) is 24.0 Å². The Morgan fingerprint density at radius 2 is 2.11 bits per heavy atom. The monoisotopic (exact) mass is 269 g/mol. The summed E-state index contributed by atoms with van der Waals surface area (Å²) in [5.74, 6) is -0.192. The zero-order valence-corrected chi connectivity index (χ0v) is 12.3. The van der Waals surface area contributed by atoms with Crippen molar-refractivity contribution in [3.8, 4) is 0 Å². The zero-order chi connectivity index (χ0) is 13.9. The van der Waals surface area contributed by atoms with Crippen molar-refractivity contribution in [2.75, 3.05) is 20.6 Å². The van der Waals surface area contributed by atoms with Gasteiger partial charge in [0.25, 0.3) is 5.91 Å². The van der Waals surface area contributed by atoms with E-state index in [1.54, 1.807) is 6.07 Å². The van der Waals surface area contributed by atoms with Crippen molar-refractivity contribution in [1.82, 2.24) is 15.2 Å². The number of hydrogen-bond donors (Lipinski definition) is 1. The van der Waals surface area contributed by atoms with Crippen LogP contribution in [0, 0.1) is 6.92 Å². The number of pyridine rings is 1. The molecule has 18 heavy (non-hydrogen) atoms. The molecule has 0 aliphatic rings. The van der Waals surface area contributed by atoms with Crippen LogP contribution >= 0.6 is 11.6 Å². The van der Waals surface area contributed by atoms with Gasteiger partial charge < -0.3 is 10.2 Å². The van der Waals surface area contributed by atoms with E-state index in [-0.39, 0.29) is 11.4 Å². The molecule has 100 valence electrons. The first-order valence-corrected chi connectivity index (χ1v) is 6.19. The quantitative estimate of drug-likeness (QED) is 0.911. The van der Waals surface area contributed by atoms with Gasteiger partial charge in [-0.05, 0) is 40.9 Å².